The van der Waals surface area contributed by atoms with Gasteiger partial charge in [0.15, 0.2) is 11.6 Å². The van der Waals surface area contributed by atoms with Crippen LogP contribution in [-0.4, -0.2) is 19.4 Å². The molecule has 0 saturated heterocycles. The molecule has 2 rings (SSSR count). The van der Waals surface area contributed by atoms with Crippen LogP contribution in [-0.2, 0) is 0 Å². The lowest BCUT2D eigenvalue weighted by atomic mass is 10.1. The molecule has 0 radical (unpaired) electrons. The van der Waals surface area contributed by atoms with Crippen molar-refractivity contribution < 1.29 is 14.0 Å². The molecule has 17 heavy (non-hydrogen) atoms. The Hall–Kier alpha value is -1.69. The molecule has 0 aliphatic heterocycles. The Morgan fingerprint density at radius 3 is 2.41 bits per heavy atom. The highest BCUT2D eigenvalue weighted by atomic mass is 79.9. The largest absolute Gasteiger partial charge is 0.496 e. The molecule has 0 unspecified atom stereocenters. The first-order valence-electron chi connectivity index (χ1n) is 4.79. The summed E-state index contributed by atoms with van der Waals surface area (Å²) in [6.45, 7) is 0. The van der Waals surface area contributed by atoms with E-state index in [0.717, 1.165) is 10.0 Å². The lowest BCUT2D eigenvalue weighted by molar-refractivity contribution is 0.390. The normalized spacial score (nSPS) is 10.3. The van der Waals surface area contributed by atoms with Gasteiger partial charge in [-0.05, 0) is 22.0 Å². The average Bonchev–Trinajstić information content (AvgIpc) is 2.75. The van der Waals surface area contributed by atoms with E-state index >= 15 is 0 Å². The van der Waals surface area contributed by atoms with Gasteiger partial charge >= 0.3 is 0 Å². The van der Waals surface area contributed by atoms with Crippen LogP contribution in [0, 0.1) is 0 Å². The number of methoxy groups -OCH3 is 2. The van der Waals surface area contributed by atoms with Gasteiger partial charge in [0.25, 0.3) is 0 Å². The monoisotopic (exact) mass is 298 g/mol. The van der Waals surface area contributed by atoms with Crippen molar-refractivity contribution in [1.29, 1.82) is 0 Å². The van der Waals surface area contributed by atoms with Gasteiger partial charge in [0.2, 0.25) is 0 Å². The highest BCUT2D eigenvalue weighted by Gasteiger charge is 2.14. The quantitative estimate of drug-likeness (QED) is 0.943. The molecule has 0 saturated carbocycles. The highest BCUT2D eigenvalue weighted by Crippen LogP contribution is 2.38. The van der Waals surface area contributed by atoms with Crippen LogP contribution in [0.2, 0.25) is 0 Å². The minimum atomic E-state index is 0.328. The third-order valence-electron chi connectivity index (χ3n) is 2.27. The number of anilines is 1. The van der Waals surface area contributed by atoms with Crippen LogP contribution >= 0.6 is 15.9 Å². The second-order valence-corrected chi connectivity index (χ2v) is 4.16. The van der Waals surface area contributed by atoms with Crippen LogP contribution in [0.25, 0.3) is 11.3 Å². The number of nitrogens with two attached hydrogens (primary N) is 1. The first-order chi connectivity index (χ1) is 8.15. The van der Waals surface area contributed by atoms with Gasteiger partial charge in [-0.3, -0.25) is 0 Å². The van der Waals surface area contributed by atoms with Crippen LogP contribution in [0.5, 0.6) is 11.5 Å². The summed E-state index contributed by atoms with van der Waals surface area (Å²) in [7, 11) is 3.16. The molecule has 0 amide bonds. The van der Waals surface area contributed by atoms with E-state index in [1.54, 1.807) is 26.4 Å². The topological polar surface area (TPSA) is 70.5 Å². The van der Waals surface area contributed by atoms with Crippen molar-refractivity contribution in [2.75, 3.05) is 20.0 Å². The molecule has 5 nitrogen and oxygen atoms in total. The fraction of sp³-hybridized carbons (Fsp3) is 0.182. The molecule has 0 fully saturated rings. The first-order valence-corrected chi connectivity index (χ1v) is 5.59. The van der Waals surface area contributed by atoms with Gasteiger partial charge in [0.1, 0.15) is 11.5 Å². The summed E-state index contributed by atoms with van der Waals surface area (Å²) in [4.78, 5) is 0. The summed E-state index contributed by atoms with van der Waals surface area (Å²) >= 11 is 3.40. The van der Waals surface area contributed by atoms with Crippen molar-refractivity contribution in [3.8, 4) is 22.8 Å². The standard InChI is InChI=1S/C11H11BrN2O3/c1-15-8-4-10(16-2)7(12)3-6(8)9-5-11(13)14-17-9/h3-5H,1-2H3,(H2,13,14). The number of hydrogen-bond acceptors (Lipinski definition) is 5. The predicted octanol–water partition coefficient (Wildman–Crippen LogP) is 2.70. The van der Waals surface area contributed by atoms with E-state index < -0.39 is 0 Å². The number of hydrogen-bond donors (Lipinski definition) is 1. The Labute approximate surface area is 107 Å². The fourth-order valence-corrected chi connectivity index (χ4v) is 1.97. The lowest BCUT2D eigenvalue weighted by Crippen LogP contribution is -1.91. The van der Waals surface area contributed by atoms with Gasteiger partial charge in [-0.2, -0.15) is 0 Å². The number of ether oxygens (including phenoxy) is 2. The molecule has 0 atom stereocenters. The maximum Gasteiger partial charge on any atom is 0.172 e. The molecule has 2 N–H and O–H groups in total. The van der Waals surface area contributed by atoms with Gasteiger partial charge in [-0.15, -0.1) is 0 Å². The SMILES string of the molecule is COc1cc(OC)c(-c2cc(N)no2)cc1Br. The van der Waals surface area contributed by atoms with Gasteiger partial charge in [-0.25, -0.2) is 0 Å². The first kappa shape index (κ1) is 11.8. The smallest absolute Gasteiger partial charge is 0.172 e. The Kier molecular flexibility index (Phi) is 3.23. The zero-order valence-electron chi connectivity index (χ0n) is 9.36. The van der Waals surface area contributed by atoms with E-state index in [1.165, 1.54) is 0 Å². The number of nitrogen functional groups attached to an aromatic ring is 1. The third-order valence-corrected chi connectivity index (χ3v) is 2.89. The summed E-state index contributed by atoms with van der Waals surface area (Å²) in [5, 5.41) is 3.64. The van der Waals surface area contributed by atoms with E-state index in [9.17, 15) is 0 Å². The van der Waals surface area contributed by atoms with Crippen molar-refractivity contribution in [3.05, 3.63) is 22.7 Å². The molecule has 0 spiro atoms. The second-order valence-electron chi connectivity index (χ2n) is 3.30. The van der Waals surface area contributed by atoms with Crippen molar-refractivity contribution in [2.45, 2.75) is 0 Å². The van der Waals surface area contributed by atoms with Crippen molar-refractivity contribution >= 4 is 21.7 Å². The number of halogens is 1. The molecule has 0 aliphatic rings. The minimum Gasteiger partial charge on any atom is -0.496 e. The molecule has 0 bridgehead atoms. The van der Waals surface area contributed by atoms with E-state index in [-0.39, 0.29) is 0 Å². The lowest BCUT2D eigenvalue weighted by Gasteiger charge is -2.09. The summed E-state index contributed by atoms with van der Waals surface area (Å²) in [6, 6.07) is 5.23. The second kappa shape index (κ2) is 4.67. The van der Waals surface area contributed by atoms with Crippen molar-refractivity contribution in [3.63, 3.8) is 0 Å². The molecule has 1 aromatic heterocycles. The zero-order chi connectivity index (χ0) is 12.4. The van der Waals surface area contributed by atoms with E-state index in [4.69, 9.17) is 19.7 Å². The van der Waals surface area contributed by atoms with E-state index in [0.29, 0.717) is 23.1 Å². The number of aromatic nitrogens is 1. The Morgan fingerprint density at radius 2 is 1.88 bits per heavy atom. The van der Waals surface area contributed by atoms with Gasteiger partial charge < -0.3 is 19.7 Å². The molecule has 1 aromatic carbocycles. The Balaban J connectivity index is 2.57. The molecule has 1 heterocycles. The zero-order valence-corrected chi connectivity index (χ0v) is 10.9. The van der Waals surface area contributed by atoms with Gasteiger partial charge in [-0.1, -0.05) is 5.16 Å². The van der Waals surface area contributed by atoms with Crippen LogP contribution in [0.3, 0.4) is 0 Å². The average molecular weight is 299 g/mol. The maximum atomic E-state index is 5.52. The van der Waals surface area contributed by atoms with Crippen LogP contribution in [0.15, 0.2) is 27.2 Å². The Morgan fingerprint density at radius 1 is 1.18 bits per heavy atom. The number of benzene rings is 1. The minimum absolute atomic E-state index is 0.328. The van der Waals surface area contributed by atoms with Gasteiger partial charge in [0, 0.05) is 12.1 Å². The fourth-order valence-electron chi connectivity index (χ4n) is 1.47. The van der Waals surface area contributed by atoms with E-state index in [1.807, 2.05) is 6.07 Å². The molecule has 90 valence electrons. The van der Waals surface area contributed by atoms with Crippen LogP contribution in [0.1, 0.15) is 0 Å². The Bertz CT molecular complexity index is 540. The van der Waals surface area contributed by atoms with Crippen molar-refractivity contribution in [2.24, 2.45) is 0 Å². The summed E-state index contributed by atoms with van der Waals surface area (Å²) in [5.74, 6) is 2.18. The van der Waals surface area contributed by atoms with Gasteiger partial charge in [0.05, 0.1) is 24.3 Å². The number of nitrogens with zero attached hydrogens (tertiary/aromatic N) is 1. The predicted molar refractivity (Wildman–Crippen MR) is 67.2 cm³/mol. The summed E-state index contributed by atoms with van der Waals surface area (Å²) < 4.78 is 16.4. The third kappa shape index (κ3) is 2.21. The van der Waals surface area contributed by atoms with Crippen LogP contribution in [0.4, 0.5) is 5.82 Å². The molecule has 2 aromatic rings. The van der Waals surface area contributed by atoms with E-state index in [2.05, 4.69) is 21.1 Å². The number of rotatable bonds is 3. The molecule has 0 aliphatic carbocycles. The molecular weight excluding hydrogens is 288 g/mol. The van der Waals surface area contributed by atoms with Crippen LogP contribution < -0.4 is 15.2 Å². The van der Waals surface area contributed by atoms with Crippen molar-refractivity contribution in [1.82, 2.24) is 5.16 Å². The summed E-state index contributed by atoms with van der Waals surface area (Å²) in [5.41, 5.74) is 6.27. The molecule has 6 heteroatoms. The summed E-state index contributed by atoms with van der Waals surface area (Å²) in [6.07, 6.45) is 0. The highest BCUT2D eigenvalue weighted by molar-refractivity contribution is 9.10. The maximum absolute atomic E-state index is 5.52. The molecular formula is C11H11BrN2O3.